The van der Waals surface area contributed by atoms with Crippen LogP contribution in [0.15, 0.2) is 48.5 Å². The molecule has 3 nitrogen and oxygen atoms in total. The molecule has 20 heavy (non-hydrogen) atoms. The van der Waals surface area contributed by atoms with Gasteiger partial charge in [0, 0.05) is 12.2 Å². The van der Waals surface area contributed by atoms with Crippen LogP contribution < -0.4 is 10.1 Å². The van der Waals surface area contributed by atoms with Gasteiger partial charge in [0.25, 0.3) is 0 Å². The lowest BCUT2D eigenvalue weighted by molar-refractivity contribution is 0.414. The number of ether oxygens (including phenoxy) is 1. The molecule has 0 saturated heterocycles. The minimum absolute atomic E-state index is 0.155. The average Bonchev–Trinajstić information content (AvgIpc) is 2.50. The van der Waals surface area contributed by atoms with Gasteiger partial charge in [0.1, 0.15) is 5.75 Å². The van der Waals surface area contributed by atoms with E-state index in [-0.39, 0.29) is 5.92 Å². The van der Waals surface area contributed by atoms with Gasteiger partial charge in [-0.25, -0.2) is 0 Å². The van der Waals surface area contributed by atoms with E-state index in [2.05, 4.69) is 11.4 Å². The quantitative estimate of drug-likeness (QED) is 0.897. The molecule has 0 aliphatic heterocycles. The summed E-state index contributed by atoms with van der Waals surface area (Å²) in [5.74, 6) is 0.686. The van der Waals surface area contributed by atoms with Crippen LogP contribution in [0.2, 0.25) is 0 Å². The number of nitriles is 1. The highest BCUT2D eigenvalue weighted by Crippen LogP contribution is 2.22. The Morgan fingerprint density at radius 3 is 2.55 bits per heavy atom. The van der Waals surface area contributed by atoms with Gasteiger partial charge in [-0.15, -0.1) is 0 Å². The van der Waals surface area contributed by atoms with Crippen molar-refractivity contribution in [1.82, 2.24) is 0 Å². The summed E-state index contributed by atoms with van der Waals surface area (Å²) < 4.78 is 5.19. The molecule has 102 valence electrons. The van der Waals surface area contributed by atoms with Crippen LogP contribution in [0, 0.1) is 18.3 Å². The molecule has 0 radical (unpaired) electrons. The molecule has 2 aromatic carbocycles. The molecule has 0 aliphatic carbocycles. The maximum Gasteiger partial charge on any atom is 0.119 e. The van der Waals surface area contributed by atoms with Crippen molar-refractivity contribution in [1.29, 1.82) is 5.26 Å². The highest BCUT2D eigenvalue weighted by Gasteiger charge is 2.10. The fraction of sp³-hybridized carbons (Fsp3) is 0.235. The molecule has 2 rings (SSSR count). The van der Waals surface area contributed by atoms with Crippen molar-refractivity contribution >= 4 is 5.69 Å². The third kappa shape index (κ3) is 3.30. The Labute approximate surface area is 119 Å². The zero-order chi connectivity index (χ0) is 14.4. The standard InChI is InChI=1S/C17H18N2O/c1-13-10-16(20-2)8-9-17(13)19-12-15(11-18)14-6-4-3-5-7-14/h3-10,15,19H,12H2,1-2H3. The zero-order valence-electron chi connectivity index (χ0n) is 11.8. The molecule has 0 amide bonds. The van der Waals surface area contributed by atoms with Crippen molar-refractivity contribution in [3.8, 4) is 11.8 Å². The topological polar surface area (TPSA) is 45.0 Å². The fourth-order valence-electron chi connectivity index (χ4n) is 2.10. The lowest BCUT2D eigenvalue weighted by Crippen LogP contribution is -2.11. The predicted molar refractivity (Wildman–Crippen MR) is 81.0 cm³/mol. The minimum atomic E-state index is -0.155. The van der Waals surface area contributed by atoms with Gasteiger partial charge in [-0.3, -0.25) is 0 Å². The molecular formula is C17H18N2O. The van der Waals surface area contributed by atoms with Gasteiger partial charge >= 0.3 is 0 Å². The molecule has 2 aromatic rings. The fourth-order valence-corrected chi connectivity index (χ4v) is 2.10. The van der Waals surface area contributed by atoms with Crippen molar-refractivity contribution in [3.63, 3.8) is 0 Å². The normalized spacial score (nSPS) is 11.4. The van der Waals surface area contributed by atoms with Crippen molar-refractivity contribution in [2.45, 2.75) is 12.8 Å². The van der Waals surface area contributed by atoms with E-state index in [0.717, 1.165) is 22.6 Å². The van der Waals surface area contributed by atoms with E-state index in [4.69, 9.17) is 4.74 Å². The molecule has 0 bridgehead atoms. The summed E-state index contributed by atoms with van der Waals surface area (Å²) in [4.78, 5) is 0. The first kappa shape index (κ1) is 14.0. The lowest BCUT2D eigenvalue weighted by atomic mass is 10.0. The summed E-state index contributed by atoms with van der Waals surface area (Å²) >= 11 is 0. The van der Waals surface area contributed by atoms with Gasteiger partial charge < -0.3 is 10.1 Å². The molecule has 3 heteroatoms. The van der Waals surface area contributed by atoms with E-state index in [9.17, 15) is 5.26 Å². The number of hydrogen-bond acceptors (Lipinski definition) is 3. The van der Waals surface area contributed by atoms with Gasteiger partial charge in [0.05, 0.1) is 19.1 Å². The molecule has 1 atom stereocenters. The summed E-state index contributed by atoms with van der Waals surface area (Å²) in [5.41, 5.74) is 3.17. The predicted octanol–water partition coefficient (Wildman–Crippen LogP) is 3.72. The minimum Gasteiger partial charge on any atom is -0.497 e. The largest absolute Gasteiger partial charge is 0.497 e. The van der Waals surface area contributed by atoms with Gasteiger partial charge in [-0.1, -0.05) is 30.3 Å². The van der Waals surface area contributed by atoms with Crippen molar-refractivity contribution in [2.75, 3.05) is 19.0 Å². The number of methoxy groups -OCH3 is 1. The van der Waals surface area contributed by atoms with Crippen molar-refractivity contribution < 1.29 is 4.74 Å². The van der Waals surface area contributed by atoms with E-state index in [1.807, 2.05) is 55.5 Å². The molecule has 1 N–H and O–H groups in total. The highest BCUT2D eigenvalue weighted by molar-refractivity contribution is 5.54. The van der Waals surface area contributed by atoms with Crippen molar-refractivity contribution in [3.05, 3.63) is 59.7 Å². The molecule has 0 fully saturated rings. The number of nitrogens with zero attached hydrogens (tertiary/aromatic N) is 1. The zero-order valence-corrected chi connectivity index (χ0v) is 11.8. The Morgan fingerprint density at radius 2 is 1.95 bits per heavy atom. The second kappa shape index (κ2) is 6.63. The Bertz CT molecular complexity index is 602. The third-order valence-corrected chi connectivity index (χ3v) is 3.29. The van der Waals surface area contributed by atoms with Gasteiger partial charge in [0.2, 0.25) is 0 Å². The first-order chi connectivity index (χ1) is 9.74. The van der Waals surface area contributed by atoms with Crippen LogP contribution in [0.25, 0.3) is 0 Å². The Morgan fingerprint density at radius 1 is 1.20 bits per heavy atom. The van der Waals surface area contributed by atoms with Gasteiger partial charge in [-0.05, 0) is 36.2 Å². The summed E-state index contributed by atoms with van der Waals surface area (Å²) in [5, 5.41) is 12.6. The molecule has 0 heterocycles. The van der Waals surface area contributed by atoms with Crippen molar-refractivity contribution in [2.24, 2.45) is 0 Å². The van der Waals surface area contributed by atoms with E-state index in [1.54, 1.807) is 7.11 Å². The highest BCUT2D eigenvalue weighted by atomic mass is 16.5. The molecule has 0 aliphatic rings. The number of aryl methyl sites for hydroxylation is 1. The summed E-state index contributed by atoms with van der Waals surface area (Å²) in [6, 6.07) is 18.1. The molecule has 1 unspecified atom stereocenters. The SMILES string of the molecule is COc1ccc(NCC(C#N)c2ccccc2)c(C)c1. The Hall–Kier alpha value is -2.47. The maximum absolute atomic E-state index is 9.30. The molecule has 0 saturated carbocycles. The number of anilines is 1. The van der Waals surface area contributed by atoms with Crippen LogP contribution in [0.4, 0.5) is 5.69 Å². The number of benzene rings is 2. The van der Waals surface area contributed by atoms with Crippen LogP contribution in [-0.4, -0.2) is 13.7 Å². The summed E-state index contributed by atoms with van der Waals surface area (Å²) in [6.07, 6.45) is 0. The van der Waals surface area contributed by atoms with E-state index in [1.165, 1.54) is 0 Å². The second-order valence-corrected chi connectivity index (χ2v) is 4.65. The number of rotatable bonds is 5. The molecular weight excluding hydrogens is 248 g/mol. The van der Waals surface area contributed by atoms with Crippen LogP contribution in [-0.2, 0) is 0 Å². The summed E-state index contributed by atoms with van der Waals surface area (Å²) in [6.45, 7) is 2.61. The molecule has 0 aromatic heterocycles. The first-order valence-electron chi connectivity index (χ1n) is 6.57. The van der Waals surface area contributed by atoms with E-state index in [0.29, 0.717) is 6.54 Å². The average molecular weight is 266 g/mol. The smallest absolute Gasteiger partial charge is 0.119 e. The third-order valence-electron chi connectivity index (χ3n) is 3.29. The second-order valence-electron chi connectivity index (χ2n) is 4.65. The maximum atomic E-state index is 9.30. The van der Waals surface area contributed by atoms with E-state index < -0.39 is 0 Å². The summed E-state index contributed by atoms with van der Waals surface area (Å²) in [7, 11) is 1.66. The van der Waals surface area contributed by atoms with Crippen LogP contribution >= 0.6 is 0 Å². The Kier molecular flexibility index (Phi) is 4.62. The monoisotopic (exact) mass is 266 g/mol. The number of hydrogen-bond donors (Lipinski definition) is 1. The van der Waals surface area contributed by atoms with Crippen LogP contribution in [0.3, 0.4) is 0 Å². The van der Waals surface area contributed by atoms with Gasteiger partial charge in [0.15, 0.2) is 0 Å². The Balaban J connectivity index is 2.06. The van der Waals surface area contributed by atoms with E-state index >= 15 is 0 Å². The van der Waals surface area contributed by atoms with Crippen LogP contribution in [0.5, 0.6) is 5.75 Å². The van der Waals surface area contributed by atoms with Crippen LogP contribution in [0.1, 0.15) is 17.0 Å². The molecule has 0 spiro atoms. The number of nitrogens with one attached hydrogen (secondary N) is 1. The first-order valence-corrected chi connectivity index (χ1v) is 6.57. The lowest BCUT2D eigenvalue weighted by Gasteiger charge is -2.14. The van der Waals surface area contributed by atoms with Gasteiger partial charge in [-0.2, -0.15) is 5.26 Å².